The minimum Gasteiger partial charge on any atom is -0.369 e. The lowest BCUT2D eigenvalue weighted by Crippen LogP contribution is -2.28. The molecule has 0 aliphatic heterocycles. The molecule has 0 saturated carbocycles. The van der Waals surface area contributed by atoms with Crippen molar-refractivity contribution in [1.82, 2.24) is 19.7 Å². The molecule has 0 spiro atoms. The Kier molecular flexibility index (Phi) is 5.75. The monoisotopic (exact) mass is 399 g/mol. The van der Waals surface area contributed by atoms with Crippen molar-refractivity contribution in [2.24, 2.45) is 0 Å². The first kappa shape index (κ1) is 19.6. The highest BCUT2D eigenvalue weighted by Gasteiger charge is 2.15. The van der Waals surface area contributed by atoms with Gasteiger partial charge in [-0.1, -0.05) is 54.1 Å². The third-order valence-corrected chi connectivity index (χ3v) is 5.04. The van der Waals surface area contributed by atoms with Crippen LogP contribution in [0.4, 0.5) is 5.82 Å². The molecule has 4 aromatic rings. The van der Waals surface area contributed by atoms with E-state index in [2.05, 4.69) is 34.7 Å². The predicted octanol–water partition coefficient (Wildman–Crippen LogP) is 4.38. The minimum absolute atomic E-state index is 0.00597. The summed E-state index contributed by atoms with van der Waals surface area (Å²) >= 11 is 0. The summed E-state index contributed by atoms with van der Waals surface area (Å²) in [6, 6.07) is 18.2. The Bertz CT molecular complexity index is 1150. The molecule has 0 saturated heterocycles. The van der Waals surface area contributed by atoms with Crippen LogP contribution >= 0.6 is 0 Å². The van der Waals surface area contributed by atoms with Gasteiger partial charge in [-0.05, 0) is 25.5 Å². The Morgan fingerprint density at radius 1 is 1.13 bits per heavy atom. The number of carbonyl (C=O) groups excluding carboxylic acids is 1. The van der Waals surface area contributed by atoms with Gasteiger partial charge in [-0.25, -0.2) is 4.98 Å². The summed E-state index contributed by atoms with van der Waals surface area (Å²) < 4.78 is 1.97. The lowest BCUT2D eigenvalue weighted by atomic mass is 10.1. The van der Waals surface area contributed by atoms with E-state index >= 15 is 0 Å². The van der Waals surface area contributed by atoms with Gasteiger partial charge in [0.15, 0.2) is 5.65 Å². The van der Waals surface area contributed by atoms with Crippen LogP contribution in [-0.2, 0) is 4.79 Å². The van der Waals surface area contributed by atoms with Crippen molar-refractivity contribution in [3.63, 3.8) is 0 Å². The van der Waals surface area contributed by atoms with Crippen LogP contribution in [0, 0.1) is 6.92 Å². The van der Waals surface area contributed by atoms with Crippen LogP contribution in [-0.4, -0.2) is 26.8 Å². The van der Waals surface area contributed by atoms with Gasteiger partial charge in [-0.15, -0.1) is 0 Å². The summed E-state index contributed by atoms with van der Waals surface area (Å²) in [7, 11) is 0. The first-order chi connectivity index (χ1) is 14.6. The van der Waals surface area contributed by atoms with E-state index in [9.17, 15) is 4.79 Å². The van der Waals surface area contributed by atoms with Crippen LogP contribution in [0.15, 0.2) is 73.2 Å². The van der Waals surface area contributed by atoms with Crippen LogP contribution in [0.2, 0.25) is 0 Å². The number of fused-ring (bicyclic) bond motifs is 1. The number of benzene rings is 2. The second kappa shape index (κ2) is 8.78. The fourth-order valence-corrected chi connectivity index (χ4v) is 3.50. The summed E-state index contributed by atoms with van der Waals surface area (Å²) in [5.41, 5.74) is 4.91. The highest BCUT2D eigenvalue weighted by molar-refractivity contribution is 5.79. The van der Waals surface area contributed by atoms with Gasteiger partial charge in [0.2, 0.25) is 5.91 Å². The van der Waals surface area contributed by atoms with Crippen molar-refractivity contribution in [2.45, 2.75) is 26.3 Å². The van der Waals surface area contributed by atoms with Crippen LogP contribution in [0.5, 0.6) is 0 Å². The Hall–Kier alpha value is -3.67. The van der Waals surface area contributed by atoms with Gasteiger partial charge in [0, 0.05) is 30.9 Å². The van der Waals surface area contributed by atoms with Crippen LogP contribution in [0.3, 0.4) is 0 Å². The van der Waals surface area contributed by atoms with Crippen molar-refractivity contribution in [3.8, 4) is 11.3 Å². The van der Waals surface area contributed by atoms with Gasteiger partial charge in [-0.2, -0.15) is 0 Å². The van der Waals surface area contributed by atoms with E-state index in [0.29, 0.717) is 13.0 Å². The highest BCUT2D eigenvalue weighted by atomic mass is 16.1. The molecule has 0 radical (unpaired) electrons. The van der Waals surface area contributed by atoms with E-state index in [4.69, 9.17) is 4.98 Å². The van der Waals surface area contributed by atoms with Crippen molar-refractivity contribution in [3.05, 3.63) is 84.3 Å². The SMILES string of the molecule is Cc1cccc(-c2nc3cnccn3c2NCCC(=O)N[C@@H](C)c2ccccc2)c1. The number of nitrogens with zero attached hydrogens (tertiary/aromatic N) is 3. The molecule has 0 aliphatic rings. The number of hydrogen-bond donors (Lipinski definition) is 2. The molecule has 1 amide bonds. The Labute approximate surface area is 176 Å². The Morgan fingerprint density at radius 2 is 1.97 bits per heavy atom. The van der Waals surface area contributed by atoms with Gasteiger partial charge < -0.3 is 10.6 Å². The number of imidazole rings is 1. The normalized spacial score (nSPS) is 11.9. The highest BCUT2D eigenvalue weighted by Crippen LogP contribution is 2.29. The lowest BCUT2D eigenvalue weighted by molar-refractivity contribution is -0.121. The number of aryl methyl sites for hydroxylation is 1. The fraction of sp³-hybridized carbons (Fsp3) is 0.208. The molecular weight excluding hydrogens is 374 g/mol. The van der Waals surface area contributed by atoms with Gasteiger partial charge >= 0.3 is 0 Å². The maximum absolute atomic E-state index is 12.4. The number of rotatable bonds is 7. The molecule has 2 N–H and O–H groups in total. The lowest BCUT2D eigenvalue weighted by Gasteiger charge is -2.15. The fourth-order valence-electron chi connectivity index (χ4n) is 3.50. The number of carbonyl (C=O) groups is 1. The molecule has 1 atom stereocenters. The van der Waals surface area contributed by atoms with Crippen molar-refractivity contribution < 1.29 is 4.79 Å². The van der Waals surface area contributed by atoms with E-state index in [-0.39, 0.29) is 11.9 Å². The predicted molar refractivity (Wildman–Crippen MR) is 119 cm³/mol. The van der Waals surface area contributed by atoms with E-state index in [1.54, 1.807) is 12.4 Å². The summed E-state index contributed by atoms with van der Waals surface area (Å²) in [6.45, 7) is 4.56. The van der Waals surface area contributed by atoms with Gasteiger partial charge in [-0.3, -0.25) is 14.2 Å². The molecule has 2 heterocycles. The Balaban J connectivity index is 1.47. The second-order valence-electron chi connectivity index (χ2n) is 7.36. The Morgan fingerprint density at radius 3 is 2.77 bits per heavy atom. The molecule has 4 rings (SSSR count). The third-order valence-electron chi connectivity index (χ3n) is 5.04. The van der Waals surface area contributed by atoms with Gasteiger partial charge in [0.25, 0.3) is 0 Å². The molecule has 2 aromatic heterocycles. The maximum Gasteiger partial charge on any atom is 0.222 e. The summed E-state index contributed by atoms with van der Waals surface area (Å²) in [4.78, 5) is 21.4. The molecule has 30 heavy (non-hydrogen) atoms. The zero-order valence-corrected chi connectivity index (χ0v) is 17.2. The number of anilines is 1. The number of nitrogens with one attached hydrogen (secondary N) is 2. The third kappa shape index (κ3) is 4.33. The van der Waals surface area contributed by atoms with Gasteiger partial charge in [0.05, 0.1) is 12.2 Å². The average Bonchev–Trinajstić information content (AvgIpc) is 3.13. The molecule has 152 valence electrons. The molecule has 0 aliphatic carbocycles. The molecule has 6 nitrogen and oxygen atoms in total. The minimum atomic E-state index is -0.0246. The first-order valence-corrected chi connectivity index (χ1v) is 10.1. The molecule has 6 heteroatoms. The van der Waals surface area contributed by atoms with Gasteiger partial charge in [0.1, 0.15) is 11.5 Å². The van der Waals surface area contributed by atoms with E-state index in [0.717, 1.165) is 28.3 Å². The molecule has 2 aromatic carbocycles. The van der Waals surface area contributed by atoms with Crippen LogP contribution in [0.1, 0.15) is 30.5 Å². The number of hydrogen-bond acceptors (Lipinski definition) is 4. The van der Waals surface area contributed by atoms with Crippen LogP contribution in [0.25, 0.3) is 16.9 Å². The molecule has 0 bridgehead atoms. The zero-order valence-electron chi connectivity index (χ0n) is 17.2. The average molecular weight is 399 g/mol. The van der Waals surface area contributed by atoms with E-state index < -0.39 is 0 Å². The molecule has 0 unspecified atom stereocenters. The van der Waals surface area contributed by atoms with Crippen molar-refractivity contribution in [2.75, 3.05) is 11.9 Å². The van der Waals surface area contributed by atoms with E-state index in [1.807, 2.05) is 60.0 Å². The second-order valence-corrected chi connectivity index (χ2v) is 7.36. The van der Waals surface area contributed by atoms with Crippen molar-refractivity contribution >= 4 is 17.4 Å². The molecular formula is C24H25N5O. The standard InChI is InChI=1S/C24H25N5O/c1-17-7-6-10-20(15-17)23-24(29-14-13-25-16-21(29)28-23)26-12-11-22(30)27-18(2)19-8-4-3-5-9-19/h3-10,13-16,18,26H,11-12H2,1-2H3,(H,27,30)/t18-/m0/s1. The maximum atomic E-state index is 12.4. The van der Waals surface area contributed by atoms with E-state index in [1.165, 1.54) is 5.56 Å². The number of amides is 1. The molecule has 0 fully saturated rings. The van der Waals surface area contributed by atoms with Crippen molar-refractivity contribution in [1.29, 1.82) is 0 Å². The summed E-state index contributed by atoms with van der Waals surface area (Å²) in [5, 5.41) is 6.47. The summed E-state index contributed by atoms with van der Waals surface area (Å²) in [5.74, 6) is 0.869. The summed E-state index contributed by atoms with van der Waals surface area (Å²) in [6.07, 6.45) is 5.71. The smallest absolute Gasteiger partial charge is 0.222 e. The number of aromatic nitrogens is 3. The largest absolute Gasteiger partial charge is 0.369 e. The zero-order chi connectivity index (χ0) is 20.9. The van der Waals surface area contributed by atoms with Crippen LogP contribution < -0.4 is 10.6 Å². The quantitative estimate of drug-likeness (QED) is 0.484. The topological polar surface area (TPSA) is 71.3 Å². The first-order valence-electron chi connectivity index (χ1n) is 10.1.